The summed E-state index contributed by atoms with van der Waals surface area (Å²) in [6.07, 6.45) is 3.55. The van der Waals surface area contributed by atoms with E-state index in [0.29, 0.717) is 24.4 Å². The van der Waals surface area contributed by atoms with Gasteiger partial charge in [-0.2, -0.15) is 0 Å². The Bertz CT molecular complexity index is 1170. The molecule has 1 N–H and O–H groups in total. The molecule has 0 aliphatic carbocycles. The Balaban J connectivity index is 1.29. The molecule has 0 unspecified atom stereocenters. The zero-order chi connectivity index (χ0) is 24.6. The molecule has 0 aromatic heterocycles. The molecule has 0 radical (unpaired) electrons. The van der Waals surface area contributed by atoms with Crippen LogP contribution in [-0.2, 0) is 4.79 Å². The van der Waals surface area contributed by atoms with Crippen LogP contribution >= 0.6 is 0 Å². The zero-order valence-electron chi connectivity index (χ0n) is 20.2. The summed E-state index contributed by atoms with van der Waals surface area (Å²) >= 11 is 0. The first-order valence-corrected chi connectivity index (χ1v) is 11.9. The van der Waals surface area contributed by atoms with Crippen molar-refractivity contribution in [2.24, 2.45) is 0 Å². The molecule has 0 atom stereocenters. The summed E-state index contributed by atoms with van der Waals surface area (Å²) in [7, 11) is 0. The lowest BCUT2D eigenvalue weighted by Crippen LogP contribution is -2.48. The number of nitrogens with one attached hydrogen (secondary N) is 1. The molecular formula is C29H31N3O3. The lowest BCUT2D eigenvalue weighted by molar-refractivity contribution is -0.126. The van der Waals surface area contributed by atoms with Crippen LogP contribution in [0.3, 0.4) is 0 Å². The minimum atomic E-state index is -0.178. The summed E-state index contributed by atoms with van der Waals surface area (Å²) in [5.74, 6) is 0.535. The van der Waals surface area contributed by atoms with Crippen molar-refractivity contribution in [2.75, 3.05) is 36.4 Å². The average Bonchev–Trinajstić information content (AvgIpc) is 2.88. The fraction of sp³-hybridized carbons (Fsp3) is 0.241. The first-order valence-electron chi connectivity index (χ1n) is 11.9. The van der Waals surface area contributed by atoms with Crippen molar-refractivity contribution in [3.05, 3.63) is 96.1 Å². The number of rotatable bonds is 7. The molecule has 0 spiro atoms. The number of carbonyl (C=O) groups is 2. The van der Waals surface area contributed by atoms with Gasteiger partial charge in [0.25, 0.3) is 5.91 Å². The Morgan fingerprint density at radius 1 is 0.886 bits per heavy atom. The second-order valence-corrected chi connectivity index (χ2v) is 8.75. The quantitative estimate of drug-likeness (QED) is 0.490. The van der Waals surface area contributed by atoms with Gasteiger partial charge in [-0.05, 0) is 68.0 Å². The Kier molecular flexibility index (Phi) is 7.83. The molecule has 6 nitrogen and oxygen atoms in total. The first kappa shape index (κ1) is 24.1. The van der Waals surface area contributed by atoms with Crippen LogP contribution in [0.4, 0.5) is 11.4 Å². The van der Waals surface area contributed by atoms with Crippen molar-refractivity contribution in [2.45, 2.75) is 20.0 Å². The van der Waals surface area contributed by atoms with Crippen LogP contribution < -0.4 is 15.0 Å². The van der Waals surface area contributed by atoms with Gasteiger partial charge in [0.2, 0.25) is 5.91 Å². The Labute approximate surface area is 206 Å². The Morgan fingerprint density at radius 3 is 2.29 bits per heavy atom. The van der Waals surface area contributed by atoms with Crippen molar-refractivity contribution in [1.29, 1.82) is 0 Å². The van der Waals surface area contributed by atoms with E-state index in [-0.39, 0.29) is 17.9 Å². The SMILES string of the molecule is CC(C)Oc1cccc(C(=O)Nc2ccc(N3CCN(C(=O)/C=C/c4ccccc4)CC3)cc2)c1. The second kappa shape index (κ2) is 11.4. The van der Waals surface area contributed by atoms with Gasteiger partial charge in [-0.3, -0.25) is 9.59 Å². The smallest absolute Gasteiger partial charge is 0.255 e. The number of piperazine rings is 1. The van der Waals surface area contributed by atoms with Crippen molar-refractivity contribution < 1.29 is 14.3 Å². The molecule has 180 valence electrons. The van der Waals surface area contributed by atoms with E-state index >= 15 is 0 Å². The van der Waals surface area contributed by atoms with E-state index in [0.717, 1.165) is 30.0 Å². The third kappa shape index (κ3) is 6.73. The molecule has 3 aromatic carbocycles. The molecule has 1 aliphatic heterocycles. The highest BCUT2D eigenvalue weighted by Crippen LogP contribution is 2.21. The van der Waals surface area contributed by atoms with E-state index in [2.05, 4.69) is 10.2 Å². The number of amides is 2. The fourth-order valence-electron chi connectivity index (χ4n) is 3.96. The predicted molar refractivity (Wildman–Crippen MR) is 141 cm³/mol. The number of ether oxygens (including phenoxy) is 1. The van der Waals surface area contributed by atoms with Crippen molar-refractivity contribution in [1.82, 2.24) is 4.90 Å². The van der Waals surface area contributed by atoms with Crippen molar-refractivity contribution in [3.63, 3.8) is 0 Å². The molecule has 3 aromatic rings. The fourth-order valence-corrected chi connectivity index (χ4v) is 3.96. The molecular weight excluding hydrogens is 438 g/mol. The van der Waals surface area contributed by atoms with Crippen LogP contribution in [0.5, 0.6) is 5.75 Å². The maximum Gasteiger partial charge on any atom is 0.255 e. The lowest BCUT2D eigenvalue weighted by Gasteiger charge is -2.35. The highest BCUT2D eigenvalue weighted by molar-refractivity contribution is 6.04. The van der Waals surface area contributed by atoms with Gasteiger partial charge in [-0.25, -0.2) is 0 Å². The predicted octanol–water partition coefficient (Wildman–Crippen LogP) is 5.09. The van der Waals surface area contributed by atoms with E-state index in [9.17, 15) is 9.59 Å². The van der Waals surface area contributed by atoms with Gasteiger partial charge in [0.1, 0.15) is 5.75 Å². The molecule has 1 saturated heterocycles. The van der Waals surface area contributed by atoms with Gasteiger partial charge in [0, 0.05) is 49.2 Å². The monoisotopic (exact) mass is 469 g/mol. The zero-order valence-corrected chi connectivity index (χ0v) is 20.2. The number of anilines is 2. The standard InChI is InChI=1S/C29H31N3O3/c1-22(2)35-27-10-6-9-24(21-27)29(34)30-25-12-14-26(15-13-25)31-17-19-32(20-18-31)28(33)16-11-23-7-4-3-5-8-23/h3-16,21-22H,17-20H2,1-2H3,(H,30,34)/b16-11+. The van der Waals surface area contributed by atoms with Crippen LogP contribution in [0.2, 0.25) is 0 Å². The summed E-state index contributed by atoms with van der Waals surface area (Å²) in [5, 5.41) is 2.94. The summed E-state index contributed by atoms with van der Waals surface area (Å²) in [6, 6.07) is 24.8. The molecule has 1 heterocycles. The third-order valence-corrected chi connectivity index (χ3v) is 5.77. The van der Waals surface area contributed by atoms with E-state index in [1.807, 2.05) is 91.6 Å². The van der Waals surface area contributed by atoms with E-state index in [4.69, 9.17) is 4.74 Å². The largest absolute Gasteiger partial charge is 0.491 e. The number of nitrogens with zero attached hydrogens (tertiary/aromatic N) is 2. The highest BCUT2D eigenvalue weighted by atomic mass is 16.5. The van der Waals surface area contributed by atoms with Crippen LogP contribution in [-0.4, -0.2) is 49.0 Å². The lowest BCUT2D eigenvalue weighted by atomic mass is 10.2. The van der Waals surface area contributed by atoms with Crippen LogP contribution in [0, 0.1) is 0 Å². The van der Waals surface area contributed by atoms with Crippen molar-refractivity contribution >= 4 is 29.3 Å². The minimum absolute atomic E-state index is 0.0365. The third-order valence-electron chi connectivity index (χ3n) is 5.77. The Morgan fingerprint density at radius 2 is 1.60 bits per heavy atom. The van der Waals surface area contributed by atoms with Crippen LogP contribution in [0.15, 0.2) is 84.9 Å². The highest BCUT2D eigenvalue weighted by Gasteiger charge is 2.20. The van der Waals surface area contributed by atoms with Crippen LogP contribution in [0.25, 0.3) is 6.08 Å². The summed E-state index contributed by atoms with van der Waals surface area (Å²) in [4.78, 5) is 29.3. The molecule has 2 amide bonds. The Hall–Kier alpha value is -4.06. The first-order chi connectivity index (χ1) is 17.0. The second-order valence-electron chi connectivity index (χ2n) is 8.75. The normalized spacial score (nSPS) is 13.8. The average molecular weight is 470 g/mol. The molecule has 6 heteroatoms. The number of benzene rings is 3. The van der Waals surface area contributed by atoms with Gasteiger partial charge in [0.15, 0.2) is 0 Å². The number of carbonyl (C=O) groups excluding carboxylic acids is 2. The maximum atomic E-state index is 12.7. The van der Waals surface area contributed by atoms with Gasteiger partial charge in [-0.15, -0.1) is 0 Å². The summed E-state index contributed by atoms with van der Waals surface area (Å²) < 4.78 is 5.68. The summed E-state index contributed by atoms with van der Waals surface area (Å²) in [5.41, 5.74) is 3.37. The minimum Gasteiger partial charge on any atom is -0.491 e. The van der Waals surface area contributed by atoms with Gasteiger partial charge in [0.05, 0.1) is 6.10 Å². The van der Waals surface area contributed by atoms with Gasteiger partial charge >= 0.3 is 0 Å². The number of hydrogen-bond donors (Lipinski definition) is 1. The molecule has 1 aliphatic rings. The van der Waals surface area contributed by atoms with Crippen molar-refractivity contribution in [3.8, 4) is 5.75 Å². The van der Waals surface area contributed by atoms with Gasteiger partial charge in [-0.1, -0.05) is 36.4 Å². The molecule has 4 rings (SSSR count). The van der Waals surface area contributed by atoms with E-state index < -0.39 is 0 Å². The summed E-state index contributed by atoms with van der Waals surface area (Å²) in [6.45, 7) is 6.78. The van der Waals surface area contributed by atoms with E-state index in [1.54, 1.807) is 18.2 Å². The molecule has 35 heavy (non-hydrogen) atoms. The number of hydrogen-bond acceptors (Lipinski definition) is 4. The van der Waals surface area contributed by atoms with Crippen LogP contribution in [0.1, 0.15) is 29.8 Å². The molecule has 0 saturated carbocycles. The van der Waals surface area contributed by atoms with E-state index in [1.165, 1.54) is 0 Å². The maximum absolute atomic E-state index is 12.7. The molecule has 0 bridgehead atoms. The topological polar surface area (TPSA) is 61.9 Å². The van der Waals surface area contributed by atoms with Gasteiger partial charge < -0.3 is 19.9 Å². The molecule has 1 fully saturated rings.